The zero-order valence-corrected chi connectivity index (χ0v) is 10.6. The molecule has 94 valence electrons. The first-order valence-electron chi connectivity index (χ1n) is 5.78. The van der Waals surface area contributed by atoms with Gasteiger partial charge in [-0.2, -0.15) is 0 Å². The third-order valence-corrected chi connectivity index (χ3v) is 3.02. The van der Waals surface area contributed by atoms with Crippen LogP contribution in [0, 0.1) is 0 Å². The number of benzene rings is 1. The van der Waals surface area contributed by atoms with Crippen LogP contribution in [-0.2, 0) is 0 Å². The van der Waals surface area contributed by atoms with E-state index in [1.165, 1.54) is 0 Å². The van der Waals surface area contributed by atoms with Crippen molar-refractivity contribution in [3.63, 3.8) is 0 Å². The maximum atomic E-state index is 6.03. The Labute approximate surface area is 102 Å². The third-order valence-electron chi connectivity index (χ3n) is 3.02. The zero-order chi connectivity index (χ0) is 12.3. The van der Waals surface area contributed by atoms with Gasteiger partial charge in [0.15, 0.2) is 0 Å². The van der Waals surface area contributed by atoms with Crippen molar-refractivity contribution in [1.29, 1.82) is 0 Å². The van der Waals surface area contributed by atoms with Gasteiger partial charge in [-0.1, -0.05) is 0 Å². The van der Waals surface area contributed by atoms with E-state index in [0.717, 1.165) is 36.8 Å². The van der Waals surface area contributed by atoms with E-state index in [-0.39, 0.29) is 5.60 Å². The van der Waals surface area contributed by atoms with E-state index in [4.69, 9.17) is 14.2 Å². The van der Waals surface area contributed by atoms with Crippen molar-refractivity contribution in [2.45, 2.75) is 18.9 Å². The summed E-state index contributed by atoms with van der Waals surface area (Å²) in [5.41, 5.74) is -0.141. The van der Waals surface area contributed by atoms with Crippen LogP contribution >= 0.6 is 0 Å². The third kappa shape index (κ3) is 2.82. The summed E-state index contributed by atoms with van der Waals surface area (Å²) in [5.74, 6) is 2.27. The Balaban J connectivity index is 2.19. The highest BCUT2D eigenvalue weighted by Gasteiger charge is 2.30. The molecule has 0 amide bonds. The Bertz CT molecular complexity index is 364. The van der Waals surface area contributed by atoms with Crippen LogP contribution in [-0.4, -0.2) is 32.9 Å². The lowest BCUT2D eigenvalue weighted by Gasteiger charge is -2.25. The Morgan fingerprint density at radius 2 is 1.65 bits per heavy atom. The summed E-state index contributed by atoms with van der Waals surface area (Å²) < 4.78 is 16.5. The minimum Gasteiger partial charge on any atom is -0.496 e. The van der Waals surface area contributed by atoms with Crippen LogP contribution in [0.4, 0.5) is 0 Å². The quantitative estimate of drug-likeness (QED) is 0.867. The van der Waals surface area contributed by atoms with Crippen molar-refractivity contribution in [3.8, 4) is 17.2 Å². The van der Waals surface area contributed by atoms with Crippen LogP contribution in [0.5, 0.6) is 17.2 Å². The topological polar surface area (TPSA) is 39.7 Å². The van der Waals surface area contributed by atoms with E-state index >= 15 is 0 Å². The fraction of sp³-hybridized carbons (Fsp3) is 0.538. The Kier molecular flexibility index (Phi) is 3.43. The zero-order valence-electron chi connectivity index (χ0n) is 10.6. The molecule has 1 saturated heterocycles. The first-order valence-corrected chi connectivity index (χ1v) is 5.78. The summed E-state index contributed by atoms with van der Waals surface area (Å²) >= 11 is 0. The van der Waals surface area contributed by atoms with Gasteiger partial charge in [0, 0.05) is 31.2 Å². The lowest BCUT2D eigenvalue weighted by molar-refractivity contribution is 0.110. The largest absolute Gasteiger partial charge is 0.496 e. The van der Waals surface area contributed by atoms with Crippen molar-refractivity contribution in [2.24, 2.45) is 0 Å². The van der Waals surface area contributed by atoms with Crippen LogP contribution in [0.25, 0.3) is 0 Å². The minimum atomic E-state index is -0.141. The smallest absolute Gasteiger partial charge is 0.127 e. The molecule has 1 aliphatic rings. The fourth-order valence-electron chi connectivity index (χ4n) is 2.01. The second kappa shape index (κ2) is 4.84. The van der Waals surface area contributed by atoms with Gasteiger partial charge in [0.25, 0.3) is 0 Å². The van der Waals surface area contributed by atoms with Gasteiger partial charge in [-0.05, 0) is 13.5 Å². The first kappa shape index (κ1) is 12.0. The number of hydrogen-bond donors (Lipinski definition) is 1. The van der Waals surface area contributed by atoms with Crippen LogP contribution in [0.15, 0.2) is 18.2 Å². The maximum absolute atomic E-state index is 6.03. The number of rotatable bonds is 4. The predicted octanol–water partition coefficient (Wildman–Crippen LogP) is 1.83. The van der Waals surface area contributed by atoms with Crippen molar-refractivity contribution < 1.29 is 14.2 Å². The number of nitrogens with one attached hydrogen (secondary N) is 1. The highest BCUT2D eigenvalue weighted by atomic mass is 16.5. The van der Waals surface area contributed by atoms with Crippen LogP contribution in [0.2, 0.25) is 0 Å². The molecule has 4 nitrogen and oxygen atoms in total. The van der Waals surface area contributed by atoms with Gasteiger partial charge < -0.3 is 19.5 Å². The van der Waals surface area contributed by atoms with Crippen molar-refractivity contribution >= 4 is 0 Å². The SMILES string of the molecule is COc1cc(OC)cc(OC2(C)CCNC2)c1. The Morgan fingerprint density at radius 1 is 1.06 bits per heavy atom. The van der Waals surface area contributed by atoms with Gasteiger partial charge in [0.2, 0.25) is 0 Å². The summed E-state index contributed by atoms with van der Waals surface area (Å²) in [6, 6.07) is 5.60. The molecular weight excluding hydrogens is 218 g/mol. The molecule has 4 heteroatoms. The number of methoxy groups -OCH3 is 2. The van der Waals surface area contributed by atoms with Crippen molar-refractivity contribution in [2.75, 3.05) is 27.3 Å². The van der Waals surface area contributed by atoms with E-state index in [1.54, 1.807) is 14.2 Å². The molecule has 0 bridgehead atoms. The Morgan fingerprint density at radius 3 is 2.12 bits per heavy atom. The van der Waals surface area contributed by atoms with Crippen LogP contribution < -0.4 is 19.5 Å². The molecular formula is C13H19NO3. The summed E-state index contributed by atoms with van der Waals surface area (Å²) in [7, 11) is 3.27. The molecule has 1 heterocycles. The number of hydrogen-bond acceptors (Lipinski definition) is 4. The first-order chi connectivity index (χ1) is 8.15. The summed E-state index contributed by atoms with van der Waals surface area (Å²) in [6.45, 7) is 3.98. The molecule has 2 rings (SSSR count). The van der Waals surface area contributed by atoms with Gasteiger partial charge >= 0.3 is 0 Å². The normalized spacial score (nSPS) is 23.5. The average Bonchev–Trinajstić information content (AvgIpc) is 2.75. The van der Waals surface area contributed by atoms with Crippen LogP contribution in [0.3, 0.4) is 0 Å². The van der Waals surface area contributed by atoms with E-state index in [0.29, 0.717) is 0 Å². The van der Waals surface area contributed by atoms with Gasteiger partial charge in [-0.15, -0.1) is 0 Å². The highest BCUT2D eigenvalue weighted by Crippen LogP contribution is 2.31. The molecule has 1 fully saturated rings. The predicted molar refractivity (Wildman–Crippen MR) is 66.1 cm³/mol. The lowest BCUT2D eigenvalue weighted by Crippen LogP contribution is -2.34. The lowest BCUT2D eigenvalue weighted by atomic mass is 10.1. The summed E-state index contributed by atoms with van der Waals surface area (Å²) in [6.07, 6.45) is 1.01. The van der Waals surface area contributed by atoms with Crippen molar-refractivity contribution in [1.82, 2.24) is 5.32 Å². The standard InChI is InChI=1S/C13H19NO3/c1-13(4-5-14-9-13)17-12-7-10(15-2)6-11(8-12)16-3/h6-8,14H,4-5,9H2,1-3H3. The minimum absolute atomic E-state index is 0.141. The molecule has 1 aromatic rings. The second-order valence-corrected chi connectivity index (χ2v) is 4.53. The molecule has 0 aliphatic carbocycles. The Hall–Kier alpha value is -1.42. The van der Waals surface area contributed by atoms with Gasteiger partial charge in [-0.25, -0.2) is 0 Å². The van der Waals surface area contributed by atoms with Crippen LogP contribution in [0.1, 0.15) is 13.3 Å². The van der Waals surface area contributed by atoms with Gasteiger partial charge in [0.1, 0.15) is 22.8 Å². The molecule has 0 saturated carbocycles. The maximum Gasteiger partial charge on any atom is 0.127 e. The van der Waals surface area contributed by atoms with E-state index in [9.17, 15) is 0 Å². The van der Waals surface area contributed by atoms with E-state index in [1.807, 2.05) is 18.2 Å². The van der Waals surface area contributed by atoms with E-state index in [2.05, 4.69) is 12.2 Å². The molecule has 1 aliphatic heterocycles. The molecule has 0 spiro atoms. The number of ether oxygens (including phenoxy) is 3. The average molecular weight is 237 g/mol. The van der Waals surface area contributed by atoms with Crippen molar-refractivity contribution in [3.05, 3.63) is 18.2 Å². The second-order valence-electron chi connectivity index (χ2n) is 4.53. The molecule has 1 atom stereocenters. The fourth-order valence-corrected chi connectivity index (χ4v) is 2.01. The molecule has 1 unspecified atom stereocenters. The van der Waals surface area contributed by atoms with E-state index < -0.39 is 0 Å². The van der Waals surface area contributed by atoms with Gasteiger partial charge in [-0.3, -0.25) is 0 Å². The molecule has 0 aromatic heterocycles. The summed E-state index contributed by atoms with van der Waals surface area (Å²) in [4.78, 5) is 0. The van der Waals surface area contributed by atoms with Gasteiger partial charge in [0.05, 0.1) is 14.2 Å². The monoisotopic (exact) mass is 237 g/mol. The summed E-state index contributed by atoms with van der Waals surface area (Å²) in [5, 5.41) is 3.30. The molecule has 1 aromatic carbocycles. The molecule has 1 N–H and O–H groups in total. The molecule has 0 radical (unpaired) electrons. The molecule has 17 heavy (non-hydrogen) atoms. The highest BCUT2D eigenvalue weighted by molar-refractivity contribution is 5.42.